The van der Waals surface area contributed by atoms with Crippen LogP contribution >= 0.6 is 0 Å². The molecule has 0 saturated carbocycles. The van der Waals surface area contributed by atoms with E-state index in [1.54, 1.807) is 0 Å². The molecule has 1 aromatic carbocycles. The van der Waals surface area contributed by atoms with Crippen LogP contribution in [0.15, 0.2) is 24.4 Å². The van der Waals surface area contributed by atoms with Gasteiger partial charge in [0.05, 0.1) is 19.0 Å². The number of aromatic nitrogens is 1. The van der Waals surface area contributed by atoms with Crippen LogP contribution in [-0.4, -0.2) is 35.9 Å². The first-order valence-corrected chi connectivity index (χ1v) is 5.61. The molecule has 8 heteroatoms. The summed E-state index contributed by atoms with van der Waals surface area (Å²) in [6.07, 6.45) is 1.26. The van der Waals surface area contributed by atoms with Crippen molar-refractivity contribution in [3.8, 4) is 5.75 Å². The van der Waals surface area contributed by atoms with Crippen LogP contribution in [0.25, 0.3) is 10.8 Å². The monoisotopic (exact) mass is 284 g/mol. The number of halogens is 1. The van der Waals surface area contributed by atoms with Gasteiger partial charge in [-0.3, -0.25) is 0 Å². The summed E-state index contributed by atoms with van der Waals surface area (Å²) in [6, 6.07) is 4.46. The molecule has 2 N–H and O–H groups in total. The molecular formula is C12H13FN2O5. The summed E-state index contributed by atoms with van der Waals surface area (Å²) < 4.78 is 18.7. The maximum Gasteiger partial charge on any atom is 0.220 e. The highest BCUT2D eigenvalue weighted by Gasteiger charge is 2.13. The second-order valence-electron chi connectivity index (χ2n) is 3.62. The van der Waals surface area contributed by atoms with E-state index in [1.807, 2.05) is 0 Å². The Hall–Kier alpha value is -2.00. The van der Waals surface area contributed by atoms with Crippen molar-refractivity contribution in [2.75, 3.05) is 25.9 Å². The van der Waals surface area contributed by atoms with Crippen molar-refractivity contribution in [2.24, 2.45) is 0 Å². The molecule has 108 valence electrons. The molecule has 0 amide bonds. The molecule has 0 aliphatic rings. The number of methoxy groups -OCH3 is 1. The standard InChI is InChI=1S/C12H13FN2O5/c1-18-11-5-14-12(13)9-3-2-8(4-10(9)11)15(19-6-16)20-7-17/h2-5,16-17H,6-7H2,1H3. The predicted molar refractivity (Wildman–Crippen MR) is 67.1 cm³/mol. The number of rotatable bonds is 6. The summed E-state index contributed by atoms with van der Waals surface area (Å²) in [5.41, 5.74) is 0.338. The van der Waals surface area contributed by atoms with Crippen molar-refractivity contribution in [2.45, 2.75) is 0 Å². The number of aliphatic hydroxyl groups excluding tert-OH is 2. The first-order chi connectivity index (χ1) is 9.71. The van der Waals surface area contributed by atoms with Crippen LogP contribution in [0.3, 0.4) is 0 Å². The molecule has 7 nitrogen and oxygen atoms in total. The number of benzene rings is 1. The molecular weight excluding hydrogens is 271 g/mol. The lowest BCUT2D eigenvalue weighted by Crippen LogP contribution is -2.25. The Balaban J connectivity index is 2.50. The van der Waals surface area contributed by atoms with E-state index in [9.17, 15) is 4.39 Å². The molecule has 20 heavy (non-hydrogen) atoms. The fourth-order valence-corrected chi connectivity index (χ4v) is 1.74. The minimum atomic E-state index is -0.653. The highest BCUT2D eigenvalue weighted by atomic mass is 19.1. The summed E-state index contributed by atoms with van der Waals surface area (Å²) >= 11 is 0. The molecule has 2 aromatic rings. The van der Waals surface area contributed by atoms with E-state index in [4.69, 9.17) is 24.6 Å². The van der Waals surface area contributed by atoms with Crippen LogP contribution in [0.4, 0.5) is 10.1 Å². The van der Waals surface area contributed by atoms with E-state index >= 15 is 0 Å². The van der Waals surface area contributed by atoms with Gasteiger partial charge < -0.3 is 14.9 Å². The lowest BCUT2D eigenvalue weighted by Gasteiger charge is -2.20. The van der Waals surface area contributed by atoms with Crippen LogP contribution < -0.4 is 9.96 Å². The lowest BCUT2D eigenvalue weighted by atomic mass is 10.1. The maximum atomic E-state index is 13.6. The molecule has 1 aromatic heterocycles. The zero-order valence-electron chi connectivity index (χ0n) is 10.6. The molecule has 0 unspecified atom stereocenters. The number of pyridine rings is 1. The van der Waals surface area contributed by atoms with Gasteiger partial charge in [0.2, 0.25) is 5.95 Å². The fourth-order valence-electron chi connectivity index (χ4n) is 1.74. The van der Waals surface area contributed by atoms with Gasteiger partial charge in [0.1, 0.15) is 5.75 Å². The minimum Gasteiger partial charge on any atom is -0.494 e. The number of ether oxygens (including phenoxy) is 1. The Labute approximate surface area is 113 Å². The van der Waals surface area contributed by atoms with Crippen LogP contribution in [0, 0.1) is 5.95 Å². The number of fused-ring (bicyclic) bond motifs is 1. The third-order valence-corrected chi connectivity index (χ3v) is 2.57. The van der Waals surface area contributed by atoms with Gasteiger partial charge in [-0.2, -0.15) is 4.39 Å². The van der Waals surface area contributed by atoms with Crippen molar-refractivity contribution in [3.05, 3.63) is 30.3 Å². The highest BCUT2D eigenvalue weighted by Crippen LogP contribution is 2.30. The van der Waals surface area contributed by atoms with Gasteiger partial charge in [-0.25, -0.2) is 14.7 Å². The van der Waals surface area contributed by atoms with Gasteiger partial charge in [-0.05, 0) is 18.2 Å². The zero-order chi connectivity index (χ0) is 14.5. The largest absolute Gasteiger partial charge is 0.494 e. The summed E-state index contributed by atoms with van der Waals surface area (Å²) in [5, 5.41) is 19.1. The lowest BCUT2D eigenvalue weighted by molar-refractivity contribution is -0.169. The van der Waals surface area contributed by atoms with Crippen LogP contribution in [-0.2, 0) is 9.68 Å². The van der Waals surface area contributed by atoms with Crippen molar-refractivity contribution >= 4 is 16.5 Å². The maximum absolute atomic E-state index is 13.6. The summed E-state index contributed by atoms with van der Waals surface area (Å²) in [7, 11) is 1.44. The minimum absolute atomic E-state index is 0.265. The van der Waals surface area contributed by atoms with E-state index < -0.39 is 19.5 Å². The Morgan fingerprint density at radius 3 is 2.50 bits per heavy atom. The van der Waals surface area contributed by atoms with Crippen LogP contribution in [0.1, 0.15) is 0 Å². The molecule has 0 radical (unpaired) electrons. The summed E-state index contributed by atoms with van der Waals surface area (Å²) in [6.45, 7) is -1.31. The molecule has 0 atom stereocenters. The third-order valence-electron chi connectivity index (χ3n) is 2.57. The van der Waals surface area contributed by atoms with Gasteiger partial charge in [0.25, 0.3) is 0 Å². The quantitative estimate of drug-likeness (QED) is 0.464. The molecule has 0 saturated heterocycles. The van der Waals surface area contributed by atoms with Crippen molar-refractivity contribution < 1.29 is 29.0 Å². The molecule has 0 aliphatic carbocycles. The fraction of sp³-hybridized carbons (Fsp3) is 0.250. The molecule has 1 heterocycles. The normalized spacial score (nSPS) is 10.8. The van der Waals surface area contributed by atoms with E-state index in [1.165, 1.54) is 31.5 Å². The van der Waals surface area contributed by atoms with E-state index in [0.29, 0.717) is 16.8 Å². The van der Waals surface area contributed by atoms with Crippen LogP contribution in [0.5, 0.6) is 5.75 Å². The number of anilines is 1. The first kappa shape index (κ1) is 14.4. The number of nitrogens with zero attached hydrogens (tertiary/aromatic N) is 2. The average Bonchev–Trinajstić information content (AvgIpc) is 2.47. The van der Waals surface area contributed by atoms with Gasteiger partial charge in [0, 0.05) is 10.8 Å². The Morgan fingerprint density at radius 2 is 1.90 bits per heavy atom. The van der Waals surface area contributed by atoms with Crippen molar-refractivity contribution in [3.63, 3.8) is 0 Å². The third kappa shape index (κ3) is 2.78. The van der Waals surface area contributed by atoms with E-state index in [0.717, 1.165) is 5.23 Å². The first-order valence-electron chi connectivity index (χ1n) is 5.61. The molecule has 0 spiro atoms. The molecule has 0 aliphatic heterocycles. The Morgan fingerprint density at radius 1 is 1.20 bits per heavy atom. The summed E-state index contributed by atoms with van der Waals surface area (Å²) in [5.74, 6) is -0.263. The second kappa shape index (κ2) is 6.44. The molecule has 2 rings (SSSR count). The van der Waals surface area contributed by atoms with E-state index in [-0.39, 0.29) is 5.39 Å². The summed E-state index contributed by atoms with van der Waals surface area (Å²) in [4.78, 5) is 13.1. The topological polar surface area (TPSA) is 84.3 Å². The molecule has 0 fully saturated rings. The van der Waals surface area contributed by atoms with Gasteiger partial charge in [0.15, 0.2) is 13.6 Å². The zero-order valence-corrected chi connectivity index (χ0v) is 10.6. The number of hydrogen-bond acceptors (Lipinski definition) is 7. The molecule has 0 bridgehead atoms. The van der Waals surface area contributed by atoms with Crippen LogP contribution in [0.2, 0.25) is 0 Å². The predicted octanol–water partition coefficient (Wildman–Crippen LogP) is 0.952. The number of aliphatic hydroxyl groups is 2. The van der Waals surface area contributed by atoms with Crippen molar-refractivity contribution in [1.29, 1.82) is 0 Å². The Bertz CT molecular complexity index is 589. The SMILES string of the molecule is COc1cnc(F)c2ccc(N(OCO)OCO)cc12. The second-order valence-corrected chi connectivity index (χ2v) is 3.62. The average molecular weight is 284 g/mol. The van der Waals surface area contributed by atoms with Gasteiger partial charge >= 0.3 is 0 Å². The van der Waals surface area contributed by atoms with Crippen molar-refractivity contribution in [1.82, 2.24) is 4.98 Å². The van der Waals surface area contributed by atoms with Gasteiger partial charge in [-0.15, -0.1) is 5.23 Å². The number of hydrogen-bond donors (Lipinski definition) is 2. The highest BCUT2D eigenvalue weighted by molar-refractivity contribution is 5.90. The van der Waals surface area contributed by atoms with E-state index in [2.05, 4.69) is 4.98 Å². The smallest absolute Gasteiger partial charge is 0.220 e. The Kier molecular flexibility index (Phi) is 4.64. The van der Waals surface area contributed by atoms with Gasteiger partial charge in [-0.1, -0.05) is 0 Å².